The van der Waals surface area contributed by atoms with Crippen molar-refractivity contribution >= 4 is 21.4 Å². The van der Waals surface area contributed by atoms with E-state index in [9.17, 15) is 13.5 Å². The van der Waals surface area contributed by atoms with Gasteiger partial charge in [-0.1, -0.05) is 26.0 Å². The third-order valence-electron chi connectivity index (χ3n) is 5.88. The first kappa shape index (κ1) is 27.3. The molecule has 3 N–H and O–H groups in total. The van der Waals surface area contributed by atoms with Crippen LogP contribution in [0, 0.1) is 12.8 Å². The zero-order valence-corrected chi connectivity index (χ0v) is 22.8. The van der Waals surface area contributed by atoms with Gasteiger partial charge in [-0.05, 0) is 49.1 Å². The molecule has 0 aliphatic carbocycles. The molecule has 0 unspecified atom stereocenters. The molecule has 4 rings (SSSR count). The number of hydrogen-bond acceptors (Lipinski definition) is 9. The molecule has 0 fully saturated rings. The smallest absolute Gasteiger partial charge is 0.243 e. The Bertz CT molecular complexity index is 1290. The predicted molar refractivity (Wildman–Crippen MR) is 141 cm³/mol. The van der Waals surface area contributed by atoms with Crippen LogP contribution in [0.2, 0.25) is 0 Å². The number of hydrogen-bond donors (Lipinski definition) is 2. The Morgan fingerprint density at radius 2 is 1.86 bits per heavy atom. The summed E-state index contributed by atoms with van der Waals surface area (Å²) in [4.78, 5) is 4.47. The van der Waals surface area contributed by atoms with Gasteiger partial charge in [0.05, 0.1) is 21.7 Å². The normalized spacial score (nSPS) is 14.8. The van der Waals surface area contributed by atoms with Crippen molar-refractivity contribution in [3.8, 4) is 17.2 Å². The zero-order chi connectivity index (χ0) is 26.6. The largest absolute Gasteiger partial charge is 0.487 e. The number of nitrogens with zero attached hydrogens (tertiary/aromatic N) is 2. The van der Waals surface area contributed by atoms with E-state index in [0.29, 0.717) is 30.3 Å². The molecule has 9 nitrogen and oxygen atoms in total. The van der Waals surface area contributed by atoms with Crippen LogP contribution in [0.4, 0.5) is 0 Å². The second-order valence-electron chi connectivity index (χ2n) is 9.46. The second-order valence-corrected chi connectivity index (χ2v) is 12.5. The van der Waals surface area contributed by atoms with Gasteiger partial charge in [-0.15, -0.1) is 11.3 Å². The summed E-state index contributed by atoms with van der Waals surface area (Å²) in [6.07, 6.45) is -0.682. The molecule has 1 aliphatic rings. The van der Waals surface area contributed by atoms with Gasteiger partial charge < -0.3 is 25.1 Å². The number of nitrogens with two attached hydrogens (primary N) is 1. The maximum Gasteiger partial charge on any atom is 0.243 e. The number of aromatic nitrogens is 1. The molecule has 0 bridgehead atoms. The number of aryl methyl sites for hydroxylation is 1. The summed E-state index contributed by atoms with van der Waals surface area (Å²) in [5.74, 6) is 1.65. The summed E-state index contributed by atoms with van der Waals surface area (Å²) in [6, 6.07) is 11.3. The van der Waals surface area contributed by atoms with Gasteiger partial charge in [0, 0.05) is 30.6 Å². The van der Waals surface area contributed by atoms with E-state index in [-0.39, 0.29) is 30.7 Å². The first-order valence-corrected chi connectivity index (χ1v) is 14.4. The molecule has 3 aromatic rings. The Morgan fingerprint density at radius 3 is 2.54 bits per heavy atom. The topological polar surface area (TPSA) is 124 Å². The highest BCUT2D eigenvalue weighted by atomic mass is 32.2. The van der Waals surface area contributed by atoms with Crippen molar-refractivity contribution in [2.75, 3.05) is 19.9 Å². The fraction of sp³-hybridized carbons (Fsp3) is 0.423. The molecule has 0 saturated carbocycles. The van der Waals surface area contributed by atoms with E-state index in [4.69, 9.17) is 19.9 Å². The SMILES string of the molecule is Cc1nc(COc2ccc(C[C@H](N)[C@H](O)CN(CC(C)C)S(=O)(=O)c3ccc4c(c3)OCO4)cc2)cs1. The molecule has 2 aromatic carbocycles. The number of thiazole rings is 1. The average Bonchev–Trinajstić information content (AvgIpc) is 3.50. The van der Waals surface area contributed by atoms with Gasteiger partial charge in [0.15, 0.2) is 11.5 Å². The molecule has 11 heteroatoms. The van der Waals surface area contributed by atoms with E-state index in [2.05, 4.69) is 4.98 Å². The molecule has 0 radical (unpaired) electrons. The maximum absolute atomic E-state index is 13.4. The Labute approximate surface area is 221 Å². The van der Waals surface area contributed by atoms with Crippen molar-refractivity contribution in [3.05, 3.63) is 64.1 Å². The Kier molecular flexibility index (Phi) is 8.71. The molecule has 37 heavy (non-hydrogen) atoms. The van der Waals surface area contributed by atoms with Crippen molar-refractivity contribution in [3.63, 3.8) is 0 Å². The van der Waals surface area contributed by atoms with Crippen LogP contribution in [0.25, 0.3) is 0 Å². The number of sulfonamides is 1. The summed E-state index contributed by atoms with van der Waals surface area (Å²) in [7, 11) is -3.89. The van der Waals surface area contributed by atoms with Crippen molar-refractivity contribution in [1.82, 2.24) is 9.29 Å². The number of benzene rings is 2. The van der Waals surface area contributed by atoms with Gasteiger partial charge in [-0.25, -0.2) is 13.4 Å². The minimum Gasteiger partial charge on any atom is -0.487 e. The first-order valence-electron chi connectivity index (χ1n) is 12.1. The van der Waals surface area contributed by atoms with Gasteiger partial charge in [0.2, 0.25) is 16.8 Å². The number of rotatable bonds is 12. The Hall–Kier alpha value is -2.70. The molecule has 0 spiro atoms. The fourth-order valence-corrected chi connectivity index (χ4v) is 6.21. The van der Waals surface area contributed by atoms with Crippen LogP contribution in [-0.4, -0.2) is 54.8 Å². The van der Waals surface area contributed by atoms with E-state index < -0.39 is 22.2 Å². The summed E-state index contributed by atoms with van der Waals surface area (Å²) < 4.78 is 44.6. The van der Waals surface area contributed by atoms with Crippen LogP contribution in [0.15, 0.2) is 52.7 Å². The zero-order valence-electron chi connectivity index (χ0n) is 21.2. The van der Waals surface area contributed by atoms with Crippen LogP contribution in [-0.2, 0) is 23.1 Å². The van der Waals surface area contributed by atoms with Crippen LogP contribution in [0.5, 0.6) is 17.2 Å². The van der Waals surface area contributed by atoms with Gasteiger partial charge in [0.25, 0.3) is 0 Å². The number of aliphatic hydroxyl groups is 1. The summed E-state index contributed by atoms with van der Waals surface area (Å²) in [5.41, 5.74) is 8.11. The quantitative estimate of drug-likeness (QED) is 0.354. The number of ether oxygens (including phenoxy) is 3. The predicted octanol–water partition coefficient (Wildman–Crippen LogP) is 3.34. The van der Waals surface area contributed by atoms with E-state index in [1.54, 1.807) is 17.4 Å². The van der Waals surface area contributed by atoms with Gasteiger partial charge in [0.1, 0.15) is 12.4 Å². The highest BCUT2D eigenvalue weighted by Crippen LogP contribution is 2.34. The number of fused-ring (bicyclic) bond motifs is 1. The standard InChI is InChI=1S/C26H33N3O6S2/c1-17(2)12-29(37(31,32)22-8-9-25-26(11-22)35-16-34-25)13-24(30)23(27)10-19-4-6-21(7-5-19)33-14-20-15-36-18(3)28-20/h4-9,11,15,17,23-24,30H,10,12-14,16,27H2,1-3H3/t23-,24+/m0/s1. The second kappa shape index (κ2) is 11.8. The summed E-state index contributed by atoms with van der Waals surface area (Å²) in [6.45, 7) is 6.37. The van der Waals surface area contributed by atoms with Crippen LogP contribution in [0.1, 0.15) is 30.1 Å². The highest BCUT2D eigenvalue weighted by molar-refractivity contribution is 7.89. The Balaban J connectivity index is 1.38. The molecule has 0 amide bonds. The average molecular weight is 548 g/mol. The lowest BCUT2D eigenvalue weighted by molar-refractivity contribution is 0.116. The first-order chi connectivity index (χ1) is 17.6. The van der Waals surface area contributed by atoms with Crippen molar-refractivity contribution in [2.45, 2.75) is 50.8 Å². The van der Waals surface area contributed by atoms with Crippen molar-refractivity contribution < 1.29 is 27.7 Å². The lowest BCUT2D eigenvalue weighted by Gasteiger charge is -2.28. The molecule has 2 atom stereocenters. The molecule has 200 valence electrons. The molecule has 1 aliphatic heterocycles. The molecule has 2 heterocycles. The van der Waals surface area contributed by atoms with Crippen molar-refractivity contribution in [1.29, 1.82) is 0 Å². The van der Waals surface area contributed by atoms with E-state index in [1.807, 2.05) is 50.4 Å². The van der Waals surface area contributed by atoms with Gasteiger partial charge in [-0.3, -0.25) is 0 Å². The third-order valence-corrected chi connectivity index (χ3v) is 8.53. The summed E-state index contributed by atoms with van der Waals surface area (Å²) in [5, 5.41) is 13.9. The third kappa shape index (κ3) is 6.99. The highest BCUT2D eigenvalue weighted by Gasteiger charge is 2.31. The lowest BCUT2D eigenvalue weighted by Crippen LogP contribution is -2.47. The number of aliphatic hydroxyl groups excluding tert-OH is 1. The monoisotopic (exact) mass is 547 g/mol. The summed E-state index contributed by atoms with van der Waals surface area (Å²) >= 11 is 1.58. The van der Waals surface area contributed by atoms with Crippen molar-refractivity contribution in [2.24, 2.45) is 11.7 Å². The van der Waals surface area contributed by atoms with Crippen LogP contribution in [0.3, 0.4) is 0 Å². The van der Waals surface area contributed by atoms with Gasteiger partial charge in [-0.2, -0.15) is 4.31 Å². The van der Waals surface area contributed by atoms with E-state index in [0.717, 1.165) is 16.3 Å². The van der Waals surface area contributed by atoms with Crippen LogP contribution < -0.4 is 19.9 Å². The minimum absolute atomic E-state index is 0.0490. The maximum atomic E-state index is 13.4. The van der Waals surface area contributed by atoms with Gasteiger partial charge >= 0.3 is 0 Å². The minimum atomic E-state index is -3.89. The Morgan fingerprint density at radius 1 is 1.14 bits per heavy atom. The van der Waals surface area contributed by atoms with E-state index in [1.165, 1.54) is 16.4 Å². The van der Waals surface area contributed by atoms with E-state index >= 15 is 0 Å². The van der Waals surface area contributed by atoms with Crippen LogP contribution >= 0.6 is 11.3 Å². The molecule has 1 aromatic heterocycles. The lowest BCUT2D eigenvalue weighted by atomic mass is 10.0. The molecular weight excluding hydrogens is 514 g/mol. The fourth-order valence-electron chi connectivity index (χ4n) is 3.97. The molecular formula is C26H33N3O6S2. The molecule has 0 saturated heterocycles.